The minimum Gasteiger partial charge on any atom is -0.348 e. The van der Waals surface area contributed by atoms with Gasteiger partial charge in [-0.15, -0.1) is 0 Å². The SMILES string of the molecule is NCCc1cnc2c(C(=O)NCc3ccc(F)cc3Br)cnn2c1. The average Bonchev–Trinajstić information content (AvgIpc) is 2.97. The number of hydrogen-bond donors (Lipinski definition) is 2. The highest BCUT2D eigenvalue weighted by atomic mass is 79.9. The molecule has 0 aliphatic carbocycles. The molecule has 6 nitrogen and oxygen atoms in total. The zero-order chi connectivity index (χ0) is 17.1. The Labute approximate surface area is 146 Å². The number of nitrogens with zero attached hydrogens (tertiary/aromatic N) is 3. The summed E-state index contributed by atoms with van der Waals surface area (Å²) in [7, 11) is 0. The van der Waals surface area contributed by atoms with E-state index in [4.69, 9.17) is 5.73 Å². The van der Waals surface area contributed by atoms with Crippen LogP contribution < -0.4 is 11.1 Å². The molecule has 0 spiro atoms. The lowest BCUT2D eigenvalue weighted by molar-refractivity contribution is 0.0952. The highest BCUT2D eigenvalue weighted by Crippen LogP contribution is 2.18. The number of aromatic nitrogens is 3. The number of nitrogens with one attached hydrogen (secondary N) is 1. The van der Waals surface area contributed by atoms with Crippen molar-refractivity contribution in [2.24, 2.45) is 5.73 Å². The van der Waals surface area contributed by atoms with Gasteiger partial charge in [0.15, 0.2) is 5.65 Å². The van der Waals surface area contributed by atoms with E-state index < -0.39 is 0 Å². The molecule has 24 heavy (non-hydrogen) atoms. The molecule has 3 rings (SSSR count). The summed E-state index contributed by atoms with van der Waals surface area (Å²) < 4.78 is 15.3. The summed E-state index contributed by atoms with van der Waals surface area (Å²) in [6, 6.07) is 4.33. The number of rotatable bonds is 5. The Hall–Kier alpha value is -2.32. The standard InChI is InChI=1S/C16H15BrFN5O/c17-14-5-12(18)2-1-11(14)7-21-16(24)13-8-22-23-9-10(3-4-19)6-20-15(13)23/h1-2,5-6,8-9H,3-4,7,19H2,(H,21,24). The van der Waals surface area contributed by atoms with Crippen LogP contribution in [-0.4, -0.2) is 27.0 Å². The number of amides is 1. The average molecular weight is 392 g/mol. The molecular formula is C16H15BrFN5O. The lowest BCUT2D eigenvalue weighted by Crippen LogP contribution is -2.23. The van der Waals surface area contributed by atoms with Crippen molar-refractivity contribution in [3.05, 3.63) is 63.8 Å². The van der Waals surface area contributed by atoms with Crippen molar-refractivity contribution in [2.45, 2.75) is 13.0 Å². The second-order valence-corrected chi connectivity index (χ2v) is 6.10. The van der Waals surface area contributed by atoms with Gasteiger partial charge in [-0.05, 0) is 36.2 Å². The van der Waals surface area contributed by atoms with Crippen LogP contribution in [0, 0.1) is 5.82 Å². The van der Waals surface area contributed by atoms with Gasteiger partial charge in [0.2, 0.25) is 0 Å². The van der Waals surface area contributed by atoms with E-state index in [0.29, 0.717) is 28.6 Å². The fourth-order valence-corrected chi connectivity index (χ4v) is 2.80. The van der Waals surface area contributed by atoms with Crippen LogP contribution >= 0.6 is 15.9 Å². The maximum Gasteiger partial charge on any atom is 0.257 e. The number of fused-ring (bicyclic) bond motifs is 1. The summed E-state index contributed by atoms with van der Waals surface area (Å²) in [5.41, 5.74) is 8.12. The normalized spacial score (nSPS) is 11.0. The van der Waals surface area contributed by atoms with E-state index in [2.05, 4.69) is 31.3 Å². The van der Waals surface area contributed by atoms with Gasteiger partial charge in [-0.25, -0.2) is 13.9 Å². The molecule has 2 aromatic heterocycles. The van der Waals surface area contributed by atoms with Gasteiger partial charge in [0.1, 0.15) is 11.4 Å². The Balaban J connectivity index is 1.76. The molecule has 0 aliphatic heterocycles. The highest BCUT2D eigenvalue weighted by Gasteiger charge is 2.14. The van der Waals surface area contributed by atoms with E-state index in [-0.39, 0.29) is 18.3 Å². The number of benzene rings is 1. The second kappa shape index (κ2) is 7.06. The number of halogens is 2. The molecule has 0 aliphatic rings. The van der Waals surface area contributed by atoms with E-state index in [1.54, 1.807) is 16.8 Å². The topological polar surface area (TPSA) is 85.3 Å². The van der Waals surface area contributed by atoms with Crippen molar-refractivity contribution in [3.63, 3.8) is 0 Å². The van der Waals surface area contributed by atoms with Crippen LogP contribution in [0.1, 0.15) is 21.5 Å². The molecule has 1 amide bonds. The van der Waals surface area contributed by atoms with Gasteiger partial charge in [0.25, 0.3) is 5.91 Å². The first-order valence-electron chi connectivity index (χ1n) is 7.33. The quantitative estimate of drug-likeness (QED) is 0.696. The van der Waals surface area contributed by atoms with E-state index in [0.717, 1.165) is 11.1 Å². The van der Waals surface area contributed by atoms with Crippen LogP contribution in [0.2, 0.25) is 0 Å². The predicted molar refractivity (Wildman–Crippen MR) is 91.0 cm³/mol. The monoisotopic (exact) mass is 391 g/mol. The number of carbonyl (C=O) groups excluding carboxylic acids is 1. The summed E-state index contributed by atoms with van der Waals surface area (Å²) in [6.07, 6.45) is 5.67. The summed E-state index contributed by atoms with van der Waals surface area (Å²) in [6.45, 7) is 0.788. The third-order valence-electron chi connectivity index (χ3n) is 3.54. The van der Waals surface area contributed by atoms with Crippen LogP contribution in [0.4, 0.5) is 4.39 Å². The van der Waals surface area contributed by atoms with E-state index >= 15 is 0 Å². The maximum atomic E-state index is 13.1. The molecular weight excluding hydrogens is 377 g/mol. The first kappa shape index (κ1) is 16.5. The summed E-state index contributed by atoms with van der Waals surface area (Å²) >= 11 is 3.28. The smallest absolute Gasteiger partial charge is 0.257 e. The Morgan fingerprint density at radius 3 is 2.96 bits per heavy atom. The Bertz CT molecular complexity index is 895. The Morgan fingerprint density at radius 2 is 2.21 bits per heavy atom. The Morgan fingerprint density at radius 1 is 1.38 bits per heavy atom. The number of hydrogen-bond acceptors (Lipinski definition) is 4. The van der Waals surface area contributed by atoms with Crippen LogP contribution in [-0.2, 0) is 13.0 Å². The van der Waals surface area contributed by atoms with Crippen LogP contribution in [0.3, 0.4) is 0 Å². The number of carbonyl (C=O) groups is 1. The summed E-state index contributed by atoms with van der Waals surface area (Å²) in [5, 5.41) is 6.95. The molecule has 2 heterocycles. The van der Waals surface area contributed by atoms with E-state index in [9.17, 15) is 9.18 Å². The fourth-order valence-electron chi connectivity index (χ4n) is 2.31. The summed E-state index contributed by atoms with van der Waals surface area (Å²) in [5.74, 6) is -0.627. The van der Waals surface area contributed by atoms with Crippen LogP contribution in [0.5, 0.6) is 0 Å². The molecule has 124 valence electrons. The van der Waals surface area contributed by atoms with E-state index in [1.807, 2.05) is 6.20 Å². The molecule has 3 N–H and O–H groups in total. The van der Waals surface area contributed by atoms with Crippen molar-refractivity contribution in [3.8, 4) is 0 Å². The zero-order valence-electron chi connectivity index (χ0n) is 12.7. The minimum atomic E-state index is -0.336. The molecule has 0 saturated carbocycles. The van der Waals surface area contributed by atoms with Crippen LogP contribution in [0.15, 0.2) is 41.3 Å². The summed E-state index contributed by atoms with van der Waals surface area (Å²) in [4.78, 5) is 16.7. The zero-order valence-corrected chi connectivity index (χ0v) is 14.3. The van der Waals surface area contributed by atoms with Crippen molar-refractivity contribution >= 4 is 27.5 Å². The van der Waals surface area contributed by atoms with Gasteiger partial charge in [0, 0.05) is 23.4 Å². The fraction of sp³-hybridized carbons (Fsp3) is 0.188. The maximum absolute atomic E-state index is 13.1. The van der Waals surface area contributed by atoms with Gasteiger partial charge < -0.3 is 11.1 Å². The molecule has 0 unspecified atom stereocenters. The molecule has 0 radical (unpaired) electrons. The van der Waals surface area contributed by atoms with Gasteiger partial charge in [-0.2, -0.15) is 5.10 Å². The lowest BCUT2D eigenvalue weighted by atomic mass is 10.2. The molecule has 8 heteroatoms. The largest absolute Gasteiger partial charge is 0.348 e. The Kier molecular flexibility index (Phi) is 4.86. The van der Waals surface area contributed by atoms with Crippen molar-refractivity contribution in [1.29, 1.82) is 0 Å². The van der Waals surface area contributed by atoms with Gasteiger partial charge in [-0.1, -0.05) is 22.0 Å². The molecule has 3 aromatic rings. The third kappa shape index (κ3) is 3.44. The molecule has 0 atom stereocenters. The molecule has 1 aromatic carbocycles. The predicted octanol–water partition coefficient (Wildman–Crippen LogP) is 2.06. The first-order chi connectivity index (χ1) is 11.6. The van der Waals surface area contributed by atoms with E-state index in [1.165, 1.54) is 18.3 Å². The lowest BCUT2D eigenvalue weighted by Gasteiger charge is -2.06. The molecule has 0 fully saturated rings. The van der Waals surface area contributed by atoms with Gasteiger partial charge in [0.05, 0.1) is 6.20 Å². The van der Waals surface area contributed by atoms with Crippen molar-refractivity contribution < 1.29 is 9.18 Å². The van der Waals surface area contributed by atoms with Crippen molar-refractivity contribution in [2.75, 3.05) is 6.54 Å². The van der Waals surface area contributed by atoms with Gasteiger partial charge in [-0.3, -0.25) is 4.79 Å². The second-order valence-electron chi connectivity index (χ2n) is 5.25. The molecule has 0 bridgehead atoms. The third-order valence-corrected chi connectivity index (χ3v) is 4.28. The van der Waals surface area contributed by atoms with Crippen LogP contribution in [0.25, 0.3) is 5.65 Å². The first-order valence-corrected chi connectivity index (χ1v) is 8.12. The minimum absolute atomic E-state index is 0.266. The molecule has 0 saturated heterocycles. The van der Waals surface area contributed by atoms with Gasteiger partial charge >= 0.3 is 0 Å². The highest BCUT2D eigenvalue weighted by molar-refractivity contribution is 9.10. The van der Waals surface area contributed by atoms with Crippen molar-refractivity contribution in [1.82, 2.24) is 19.9 Å². The number of nitrogens with two attached hydrogens (primary N) is 1.